The molecule has 2 aromatic rings. The van der Waals surface area contributed by atoms with Gasteiger partial charge >= 0.3 is 5.97 Å². The fourth-order valence-electron chi connectivity index (χ4n) is 1.35. The second-order valence-electron chi connectivity index (χ2n) is 3.48. The second kappa shape index (κ2) is 5.41. The summed E-state index contributed by atoms with van der Waals surface area (Å²) in [6, 6.07) is 5.43. The van der Waals surface area contributed by atoms with Crippen LogP contribution in [0.1, 0.15) is 15.4 Å². The van der Waals surface area contributed by atoms with E-state index in [-0.39, 0.29) is 5.69 Å². The van der Waals surface area contributed by atoms with Gasteiger partial charge in [0, 0.05) is 13.5 Å². The minimum atomic E-state index is -1.01. The summed E-state index contributed by atoms with van der Waals surface area (Å²) in [6.07, 6.45) is 0. The molecule has 0 bridgehead atoms. The van der Waals surface area contributed by atoms with Gasteiger partial charge in [0.15, 0.2) is 10.8 Å². The first-order valence-corrected chi connectivity index (χ1v) is 7.17. The summed E-state index contributed by atoms with van der Waals surface area (Å²) >= 11 is 9.33. The number of aromatic nitrogens is 1. The van der Waals surface area contributed by atoms with E-state index in [1.54, 1.807) is 13.0 Å². The van der Waals surface area contributed by atoms with E-state index in [0.717, 1.165) is 9.26 Å². The summed E-state index contributed by atoms with van der Waals surface area (Å²) in [4.78, 5) is 15.6. The number of nitrogens with zero attached hydrogens (tertiary/aromatic N) is 1. The Morgan fingerprint density at radius 1 is 1.56 bits per heavy atom. The number of rotatable bonds is 3. The van der Waals surface area contributed by atoms with Crippen LogP contribution in [0, 0.1) is 10.5 Å². The molecule has 0 aliphatic carbocycles. The topological polar surface area (TPSA) is 62.2 Å². The van der Waals surface area contributed by atoms with Crippen LogP contribution in [0.25, 0.3) is 0 Å². The minimum Gasteiger partial charge on any atom is -0.476 e. The molecule has 1 aromatic carbocycles. The van der Waals surface area contributed by atoms with Gasteiger partial charge in [0.2, 0.25) is 0 Å². The van der Waals surface area contributed by atoms with E-state index >= 15 is 0 Å². The predicted octanol–water partition coefficient (Wildman–Crippen LogP) is 4.15. The maximum atomic E-state index is 10.9. The number of benzene rings is 1. The van der Waals surface area contributed by atoms with Crippen LogP contribution in [0.5, 0.6) is 0 Å². The molecule has 0 spiro atoms. The Kier molecular flexibility index (Phi) is 4.08. The smallest absolute Gasteiger partial charge is 0.355 e. The van der Waals surface area contributed by atoms with Gasteiger partial charge in [-0.2, -0.15) is 0 Å². The van der Waals surface area contributed by atoms with Crippen molar-refractivity contribution in [1.29, 1.82) is 0 Å². The fourth-order valence-corrected chi connectivity index (χ4v) is 3.18. The molecule has 7 heteroatoms. The van der Waals surface area contributed by atoms with E-state index in [1.807, 2.05) is 12.1 Å². The van der Waals surface area contributed by atoms with Crippen molar-refractivity contribution in [1.82, 2.24) is 4.98 Å². The zero-order chi connectivity index (χ0) is 13.3. The third-order valence-electron chi connectivity index (χ3n) is 2.17. The molecule has 0 saturated carbocycles. The Morgan fingerprint density at radius 3 is 2.83 bits per heavy atom. The van der Waals surface area contributed by atoms with Gasteiger partial charge in [0.25, 0.3) is 0 Å². The Labute approximate surface area is 126 Å². The summed E-state index contributed by atoms with van der Waals surface area (Å²) in [5, 5.41) is 13.2. The molecule has 2 N–H and O–H groups in total. The highest BCUT2D eigenvalue weighted by Gasteiger charge is 2.14. The van der Waals surface area contributed by atoms with Gasteiger partial charge in [0.05, 0.1) is 5.69 Å². The number of thiazole rings is 1. The number of carbonyl (C=O) groups is 1. The van der Waals surface area contributed by atoms with E-state index in [4.69, 9.17) is 16.7 Å². The number of aromatic carboxylic acids is 1. The van der Waals surface area contributed by atoms with Crippen LogP contribution in [-0.2, 0) is 0 Å². The van der Waals surface area contributed by atoms with Gasteiger partial charge in [-0.1, -0.05) is 11.6 Å². The van der Waals surface area contributed by atoms with Crippen LogP contribution in [0.3, 0.4) is 0 Å². The number of hydrogen-bond donors (Lipinski definition) is 2. The first-order chi connectivity index (χ1) is 8.47. The second-order valence-corrected chi connectivity index (χ2v) is 6.28. The van der Waals surface area contributed by atoms with E-state index in [2.05, 4.69) is 32.9 Å². The third-order valence-corrected chi connectivity index (χ3v) is 4.19. The Bertz CT molecular complexity index is 615. The molecule has 0 amide bonds. The number of hydrogen-bond acceptors (Lipinski definition) is 4. The molecule has 94 valence electrons. The molecule has 4 nitrogen and oxygen atoms in total. The maximum absolute atomic E-state index is 10.9. The zero-order valence-corrected chi connectivity index (χ0v) is 12.9. The predicted molar refractivity (Wildman–Crippen MR) is 81.3 cm³/mol. The summed E-state index contributed by atoms with van der Waals surface area (Å²) in [6.45, 7) is 1.74. The van der Waals surface area contributed by atoms with Crippen molar-refractivity contribution in [2.45, 2.75) is 6.92 Å². The monoisotopic (exact) mass is 394 g/mol. The lowest BCUT2D eigenvalue weighted by atomic mass is 10.3. The molecule has 0 radical (unpaired) electrons. The molecular weight excluding hydrogens is 387 g/mol. The van der Waals surface area contributed by atoms with Crippen LogP contribution < -0.4 is 5.32 Å². The number of nitrogens with one attached hydrogen (secondary N) is 1. The van der Waals surface area contributed by atoms with Crippen molar-refractivity contribution in [2.75, 3.05) is 5.32 Å². The van der Waals surface area contributed by atoms with Crippen LogP contribution in [-0.4, -0.2) is 16.1 Å². The number of carboxylic acids is 1. The van der Waals surface area contributed by atoms with Gasteiger partial charge in [-0.25, -0.2) is 9.78 Å². The Morgan fingerprint density at radius 2 is 2.28 bits per heavy atom. The van der Waals surface area contributed by atoms with Gasteiger partial charge in [0.1, 0.15) is 0 Å². The van der Waals surface area contributed by atoms with Crippen molar-refractivity contribution in [3.63, 3.8) is 0 Å². The summed E-state index contributed by atoms with van der Waals surface area (Å²) in [5.41, 5.74) is 0.942. The third kappa shape index (κ3) is 2.93. The van der Waals surface area contributed by atoms with Crippen LogP contribution >= 0.6 is 45.5 Å². The van der Waals surface area contributed by atoms with Crippen LogP contribution in [0.15, 0.2) is 18.2 Å². The van der Waals surface area contributed by atoms with Crippen LogP contribution in [0.4, 0.5) is 10.8 Å². The minimum absolute atomic E-state index is 0.0893. The highest BCUT2D eigenvalue weighted by molar-refractivity contribution is 14.1. The number of carboxylic acid groups (broad SMARTS) is 1. The number of anilines is 2. The summed E-state index contributed by atoms with van der Waals surface area (Å²) in [7, 11) is 0. The maximum Gasteiger partial charge on any atom is 0.355 e. The number of halogens is 2. The molecule has 2 rings (SSSR count). The average Bonchev–Trinajstić information content (AvgIpc) is 2.64. The molecule has 1 heterocycles. The first kappa shape index (κ1) is 13.6. The quantitative estimate of drug-likeness (QED) is 0.768. The zero-order valence-electron chi connectivity index (χ0n) is 9.20. The molecule has 0 fully saturated rings. The molecule has 0 aliphatic heterocycles. The van der Waals surface area contributed by atoms with E-state index < -0.39 is 5.97 Å². The molecule has 0 unspecified atom stereocenters. The lowest BCUT2D eigenvalue weighted by molar-refractivity contribution is 0.0690. The summed E-state index contributed by atoms with van der Waals surface area (Å²) in [5.74, 6) is -1.01. The van der Waals surface area contributed by atoms with Crippen LogP contribution in [0.2, 0.25) is 5.02 Å². The highest BCUT2D eigenvalue weighted by atomic mass is 127. The molecule has 0 aliphatic rings. The SMILES string of the molecule is Cc1sc(Nc2ccc(Cl)cc2I)nc1C(=O)O. The van der Waals surface area contributed by atoms with Crippen molar-refractivity contribution in [2.24, 2.45) is 0 Å². The van der Waals surface area contributed by atoms with Gasteiger partial charge in [-0.3, -0.25) is 0 Å². The van der Waals surface area contributed by atoms with Gasteiger partial charge < -0.3 is 10.4 Å². The molecule has 18 heavy (non-hydrogen) atoms. The van der Waals surface area contributed by atoms with E-state index in [1.165, 1.54) is 11.3 Å². The van der Waals surface area contributed by atoms with Gasteiger partial charge in [-0.05, 0) is 47.7 Å². The average molecular weight is 395 g/mol. The van der Waals surface area contributed by atoms with Crippen molar-refractivity contribution in [3.05, 3.63) is 37.4 Å². The van der Waals surface area contributed by atoms with E-state index in [0.29, 0.717) is 15.0 Å². The number of aryl methyl sites for hydroxylation is 1. The van der Waals surface area contributed by atoms with Crippen molar-refractivity contribution >= 4 is 62.3 Å². The standard InChI is InChI=1S/C11H8ClIN2O2S/c1-5-9(10(16)17)15-11(18-5)14-8-3-2-6(12)4-7(8)13/h2-4H,1H3,(H,14,15)(H,16,17). The fraction of sp³-hybridized carbons (Fsp3) is 0.0909. The normalized spacial score (nSPS) is 10.4. The molecule has 0 saturated heterocycles. The Balaban J connectivity index is 2.29. The molecule has 0 atom stereocenters. The lowest BCUT2D eigenvalue weighted by Crippen LogP contribution is -1.99. The Hall–Kier alpha value is -0.860. The van der Waals surface area contributed by atoms with Crippen molar-refractivity contribution in [3.8, 4) is 0 Å². The van der Waals surface area contributed by atoms with Crippen molar-refractivity contribution < 1.29 is 9.90 Å². The van der Waals surface area contributed by atoms with Gasteiger partial charge in [-0.15, -0.1) is 11.3 Å². The van der Waals surface area contributed by atoms with E-state index in [9.17, 15) is 4.79 Å². The first-order valence-electron chi connectivity index (χ1n) is 4.90. The molecule has 1 aromatic heterocycles. The highest BCUT2D eigenvalue weighted by Crippen LogP contribution is 2.29. The largest absolute Gasteiger partial charge is 0.476 e. The lowest BCUT2D eigenvalue weighted by Gasteiger charge is -2.05. The molecular formula is C11H8ClIN2O2S. The summed E-state index contributed by atoms with van der Waals surface area (Å²) < 4.78 is 0.949.